The Kier molecular flexibility index (Phi) is 39.7. The standard InChI is InChI=1S/C74H129F3N10O14/c1-26-28-29-48(13)66(93)65(67(94)79-55(27-2)70(97)80(20)52(17)53(18)88)85(25)73(100)64(47(11)12)84(24)72(99)58(36-45(7)8)83(23)71(98)57(35-44(5)6)82(22)68(95)50(15)38-59(89)49(14)37-60(90)56(34-43(3)4)81(21)69(96)54(46(9)10)39-61(91)63(78-19)51(16)40-101-41-62(92)87-32-30-86(31-33-87)42-74(75,76)77/h26,28,43-52,54-58,63-66,78,93H,27,29-42H2,1-25H3,(H,79,94)/b28-26+/t48-,49-,50+,51-,52-,54+,55+,56+,57+,58+,63+,64+,65+,66-/m1/s1. The van der Waals surface area contributed by atoms with Crippen LogP contribution < -0.4 is 10.6 Å². The molecule has 0 unspecified atom stereocenters. The highest BCUT2D eigenvalue weighted by molar-refractivity contribution is 5.99. The number of aliphatic hydroxyl groups excluding tert-OH is 1. The van der Waals surface area contributed by atoms with Gasteiger partial charge in [-0.2, -0.15) is 13.2 Å². The van der Waals surface area contributed by atoms with Gasteiger partial charge >= 0.3 is 6.18 Å². The maximum absolute atomic E-state index is 15.2. The lowest BCUT2D eigenvalue weighted by atomic mass is 9.84. The van der Waals surface area contributed by atoms with Crippen molar-refractivity contribution in [2.24, 2.45) is 59.2 Å². The van der Waals surface area contributed by atoms with E-state index in [2.05, 4.69) is 10.6 Å². The minimum Gasteiger partial charge on any atom is -0.390 e. The third-order valence-electron chi connectivity index (χ3n) is 19.8. The summed E-state index contributed by atoms with van der Waals surface area (Å²) in [7, 11) is 10.3. The number of Topliss-reactive ketones (excluding diaryl/α,β-unsaturated/α-hetero) is 4. The molecule has 24 nitrogen and oxygen atoms in total. The largest absolute Gasteiger partial charge is 0.401 e. The summed E-state index contributed by atoms with van der Waals surface area (Å²) >= 11 is 0. The van der Waals surface area contributed by atoms with E-state index in [9.17, 15) is 61.4 Å². The molecule has 1 saturated heterocycles. The lowest BCUT2D eigenvalue weighted by molar-refractivity contribution is -0.157. The molecule has 1 aliphatic rings. The second-order valence-corrected chi connectivity index (χ2v) is 30.5. The Balaban J connectivity index is 3.45. The molecule has 1 rings (SSSR count). The number of carbonyl (C=O) groups is 12. The van der Waals surface area contributed by atoms with Crippen LogP contribution >= 0.6 is 0 Å². The van der Waals surface area contributed by atoms with Crippen molar-refractivity contribution in [3.05, 3.63) is 12.2 Å². The van der Waals surface area contributed by atoms with Crippen molar-refractivity contribution >= 4 is 70.4 Å². The Morgan fingerprint density at radius 1 is 0.554 bits per heavy atom. The minimum atomic E-state index is -4.34. The van der Waals surface area contributed by atoms with E-state index in [0.717, 1.165) is 4.90 Å². The number of ketones is 4. The average molecular weight is 1440 g/mol. The monoisotopic (exact) mass is 1440 g/mol. The predicted octanol–water partition coefficient (Wildman–Crippen LogP) is 6.58. The molecule has 0 aromatic rings. The van der Waals surface area contributed by atoms with Gasteiger partial charge in [0.05, 0.1) is 37.4 Å². The van der Waals surface area contributed by atoms with Crippen molar-refractivity contribution in [3.63, 3.8) is 0 Å². The Morgan fingerprint density at radius 3 is 1.49 bits per heavy atom. The number of carbonyl (C=O) groups excluding carboxylic acids is 12. The van der Waals surface area contributed by atoms with Gasteiger partial charge in [-0.15, -0.1) is 0 Å². The number of halogens is 3. The summed E-state index contributed by atoms with van der Waals surface area (Å²) in [6, 6.07) is -8.78. The van der Waals surface area contributed by atoms with Crippen LogP contribution in [0.2, 0.25) is 0 Å². The smallest absolute Gasteiger partial charge is 0.390 e. The SMILES string of the molecule is C/C=C/C[C@@H](C)[C@@H](O)[C@@H](C(=O)N[C@@H](CC)C(=O)N(C)[C@H](C)C(C)=O)N(C)C(=O)[C@H](C(C)C)N(C)C(=O)[C@H](CC(C)C)N(C)C(=O)[C@H](CC(C)C)N(C)C(=O)[C@@H](C)CC(=O)[C@H](C)CC(=O)[C@H](CC(C)C)N(C)C(=O)[C@@H](CC(=O)[C@@H](NC)[C@H](C)COCC(=O)N1CCN(CC(F)(F)F)CC1)C(C)C. The first-order valence-electron chi connectivity index (χ1n) is 36.3. The lowest BCUT2D eigenvalue weighted by Crippen LogP contribution is -2.63. The van der Waals surface area contributed by atoms with Gasteiger partial charge < -0.3 is 54.8 Å². The van der Waals surface area contributed by atoms with Crippen molar-refractivity contribution in [3.8, 4) is 0 Å². The van der Waals surface area contributed by atoms with Crippen molar-refractivity contribution in [2.75, 3.05) is 95.3 Å². The van der Waals surface area contributed by atoms with Crippen LogP contribution in [0.3, 0.4) is 0 Å². The number of rotatable bonds is 44. The number of amides is 8. The van der Waals surface area contributed by atoms with Gasteiger partial charge in [0.1, 0.15) is 42.6 Å². The van der Waals surface area contributed by atoms with Crippen LogP contribution in [0, 0.1) is 59.2 Å². The highest BCUT2D eigenvalue weighted by atomic mass is 19.4. The Hall–Kier alpha value is -6.19. The number of nitrogens with zero attached hydrogens (tertiary/aromatic N) is 8. The zero-order chi connectivity index (χ0) is 78.2. The number of piperazine rings is 1. The predicted molar refractivity (Wildman–Crippen MR) is 383 cm³/mol. The summed E-state index contributed by atoms with van der Waals surface area (Å²) in [4.78, 5) is 181. The van der Waals surface area contributed by atoms with Crippen LogP contribution in [0.5, 0.6) is 0 Å². The minimum absolute atomic E-state index is 0.0108. The van der Waals surface area contributed by atoms with Gasteiger partial charge in [-0.1, -0.05) is 116 Å². The molecule has 101 heavy (non-hydrogen) atoms. The highest BCUT2D eigenvalue weighted by Crippen LogP contribution is 2.29. The summed E-state index contributed by atoms with van der Waals surface area (Å²) < 4.78 is 44.4. The summed E-state index contributed by atoms with van der Waals surface area (Å²) in [5.41, 5.74) is 0. The molecule has 1 aliphatic heterocycles. The molecule has 0 bridgehead atoms. The molecular weight excluding hydrogens is 1310 g/mol. The lowest BCUT2D eigenvalue weighted by Gasteiger charge is -2.41. The summed E-state index contributed by atoms with van der Waals surface area (Å²) in [6.07, 6.45) is -1.95. The Morgan fingerprint density at radius 2 is 1.03 bits per heavy atom. The molecule has 27 heteroatoms. The van der Waals surface area contributed by atoms with Crippen LogP contribution in [-0.2, 0) is 62.3 Å². The quantitative estimate of drug-likeness (QED) is 0.0543. The molecule has 8 amide bonds. The van der Waals surface area contributed by atoms with Gasteiger partial charge in [0, 0.05) is 111 Å². The van der Waals surface area contributed by atoms with Crippen LogP contribution in [0.1, 0.15) is 176 Å². The maximum Gasteiger partial charge on any atom is 0.401 e. The van der Waals surface area contributed by atoms with E-state index in [1.54, 1.807) is 89.3 Å². The second kappa shape index (κ2) is 43.2. The molecule has 0 spiro atoms. The van der Waals surface area contributed by atoms with Gasteiger partial charge in [0.25, 0.3) is 0 Å². The van der Waals surface area contributed by atoms with Crippen LogP contribution in [0.15, 0.2) is 12.2 Å². The van der Waals surface area contributed by atoms with E-state index < -0.39 is 150 Å². The van der Waals surface area contributed by atoms with E-state index in [1.165, 1.54) is 83.5 Å². The molecule has 3 N–H and O–H groups in total. The number of ether oxygens (including phenoxy) is 1. The van der Waals surface area contributed by atoms with Gasteiger partial charge in [0.15, 0.2) is 17.3 Å². The van der Waals surface area contributed by atoms with Crippen molar-refractivity contribution in [1.82, 2.24) is 49.8 Å². The number of allylic oxidation sites excluding steroid dienone is 2. The fourth-order valence-electron chi connectivity index (χ4n) is 13.1. The molecule has 1 heterocycles. The molecule has 580 valence electrons. The number of nitrogens with one attached hydrogen (secondary N) is 2. The van der Waals surface area contributed by atoms with Crippen molar-refractivity contribution in [2.45, 2.75) is 237 Å². The van der Waals surface area contributed by atoms with Crippen LogP contribution in [-0.4, -0.2) is 271 Å². The molecule has 1 fully saturated rings. The summed E-state index contributed by atoms with van der Waals surface area (Å²) in [5, 5.41) is 17.7. The van der Waals surface area contributed by atoms with E-state index in [0.29, 0.717) is 6.42 Å². The first-order valence-corrected chi connectivity index (χ1v) is 36.3. The second-order valence-electron chi connectivity index (χ2n) is 30.5. The van der Waals surface area contributed by atoms with Crippen molar-refractivity contribution in [1.29, 1.82) is 0 Å². The number of aliphatic hydroxyl groups is 1. The number of alkyl halides is 3. The first-order chi connectivity index (χ1) is 46.6. The molecule has 0 aliphatic carbocycles. The summed E-state index contributed by atoms with van der Waals surface area (Å²) in [6.45, 7) is 30.4. The van der Waals surface area contributed by atoms with E-state index >= 15 is 14.4 Å². The van der Waals surface area contributed by atoms with Gasteiger partial charge in [-0.05, 0) is 95.4 Å². The third kappa shape index (κ3) is 28.4. The zero-order valence-corrected chi connectivity index (χ0v) is 65.7. The van der Waals surface area contributed by atoms with Crippen molar-refractivity contribution < 1.29 is 80.5 Å². The highest BCUT2D eigenvalue weighted by Gasteiger charge is 2.46. The van der Waals surface area contributed by atoms with Crippen LogP contribution in [0.25, 0.3) is 0 Å². The molecule has 0 radical (unpaired) electrons. The molecule has 0 aromatic heterocycles. The summed E-state index contributed by atoms with van der Waals surface area (Å²) in [5.74, 6) is -11.1. The third-order valence-corrected chi connectivity index (χ3v) is 19.8. The number of hydrogen-bond donors (Lipinski definition) is 3. The first kappa shape index (κ1) is 92.8. The van der Waals surface area contributed by atoms with E-state index in [-0.39, 0.29) is 131 Å². The Bertz CT molecular complexity index is 2780. The Labute approximate surface area is 601 Å². The molecular formula is C74H129F3N10O14. The average Bonchev–Trinajstić information content (AvgIpc) is 0.797. The fourth-order valence-corrected chi connectivity index (χ4v) is 13.1. The van der Waals surface area contributed by atoms with Gasteiger partial charge in [-0.25, -0.2) is 0 Å². The van der Waals surface area contributed by atoms with Crippen LogP contribution in [0.4, 0.5) is 13.2 Å². The fraction of sp³-hybridized carbons (Fsp3) is 0.811. The number of likely N-dealkylation sites (N-methyl/N-ethyl adjacent to an activating group) is 7. The molecule has 0 aromatic carbocycles. The molecule has 0 saturated carbocycles. The zero-order valence-electron chi connectivity index (χ0n) is 65.7. The van der Waals surface area contributed by atoms with E-state index in [4.69, 9.17) is 4.74 Å². The molecule has 14 atom stereocenters. The van der Waals surface area contributed by atoms with Gasteiger partial charge in [0.2, 0.25) is 47.3 Å². The maximum atomic E-state index is 15.2. The number of hydrogen-bond acceptors (Lipinski definition) is 16. The topological polar surface area (TPSA) is 284 Å². The van der Waals surface area contributed by atoms with E-state index in [1.807, 2.05) is 47.6 Å². The van der Waals surface area contributed by atoms with Gasteiger partial charge in [-0.3, -0.25) is 62.4 Å². The normalized spacial score (nSPS) is 17.4.